The van der Waals surface area contributed by atoms with Crippen LogP contribution in [0.25, 0.3) is 0 Å². The standard InChI is InChI=1S/C38H50N2O5/c41-36(27-19-8-6-4-2-1-3-5-7-12-20-32-21-13-9-14-22-32)39-35(38(43)40-45-31-34-25-17-11-18-26-34)28-29-37(42)44-30-33-23-15-10-16-24-33/h9-11,13-18,21-26,35H,1-8,12,19-20,27-31H2,(H,39,41)(H,40,43)/t35-/m1/s1. The molecular weight excluding hydrogens is 564 g/mol. The first-order valence-electron chi connectivity index (χ1n) is 16.6. The zero-order valence-corrected chi connectivity index (χ0v) is 26.6. The lowest BCUT2D eigenvalue weighted by Gasteiger charge is -2.18. The number of ether oxygens (including phenoxy) is 1. The van der Waals surface area contributed by atoms with Crippen LogP contribution in [-0.2, 0) is 43.6 Å². The Bertz CT molecular complexity index is 1220. The van der Waals surface area contributed by atoms with Gasteiger partial charge in [-0.05, 0) is 42.4 Å². The van der Waals surface area contributed by atoms with Crippen LogP contribution in [0.1, 0.15) is 100 Å². The predicted octanol–water partition coefficient (Wildman–Crippen LogP) is 7.78. The molecule has 0 aliphatic rings. The summed E-state index contributed by atoms with van der Waals surface area (Å²) in [5, 5.41) is 2.80. The Morgan fingerprint density at radius 1 is 0.556 bits per heavy atom. The smallest absolute Gasteiger partial charge is 0.306 e. The molecule has 242 valence electrons. The van der Waals surface area contributed by atoms with Gasteiger partial charge in [0, 0.05) is 12.8 Å². The fourth-order valence-corrected chi connectivity index (χ4v) is 5.12. The highest BCUT2D eigenvalue weighted by molar-refractivity contribution is 5.87. The van der Waals surface area contributed by atoms with Crippen LogP contribution < -0.4 is 10.8 Å². The third kappa shape index (κ3) is 16.6. The molecule has 0 spiro atoms. The maximum Gasteiger partial charge on any atom is 0.306 e. The Balaban J connectivity index is 1.28. The highest BCUT2D eigenvalue weighted by atomic mass is 16.6. The van der Waals surface area contributed by atoms with Crippen molar-refractivity contribution in [2.45, 2.75) is 109 Å². The summed E-state index contributed by atoms with van der Waals surface area (Å²) in [7, 11) is 0. The van der Waals surface area contributed by atoms with E-state index in [1.165, 1.54) is 56.9 Å². The van der Waals surface area contributed by atoms with Gasteiger partial charge in [0.15, 0.2) is 0 Å². The Morgan fingerprint density at radius 2 is 1.04 bits per heavy atom. The van der Waals surface area contributed by atoms with E-state index in [0.29, 0.717) is 6.42 Å². The van der Waals surface area contributed by atoms with Gasteiger partial charge in [0.1, 0.15) is 12.6 Å². The molecule has 0 aliphatic heterocycles. The van der Waals surface area contributed by atoms with Crippen molar-refractivity contribution in [3.05, 3.63) is 108 Å². The Morgan fingerprint density at radius 3 is 1.62 bits per heavy atom. The van der Waals surface area contributed by atoms with Crippen molar-refractivity contribution >= 4 is 17.8 Å². The monoisotopic (exact) mass is 614 g/mol. The number of benzene rings is 3. The first-order valence-corrected chi connectivity index (χ1v) is 16.6. The molecule has 2 N–H and O–H groups in total. The van der Waals surface area contributed by atoms with Crippen molar-refractivity contribution in [3.63, 3.8) is 0 Å². The highest BCUT2D eigenvalue weighted by Gasteiger charge is 2.22. The van der Waals surface area contributed by atoms with Gasteiger partial charge in [-0.15, -0.1) is 0 Å². The summed E-state index contributed by atoms with van der Waals surface area (Å²) < 4.78 is 5.35. The van der Waals surface area contributed by atoms with Crippen LogP contribution >= 0.6 is 0 Å². The van der Waals surface area contributed by atoms with Gasteiger partial charge in [0.2, 0.25) is 5.91 Å². The van der Waals surface area contributed by atoms with Gasteiger partial charge < -0.3 is 10.1 Å². The molecule has 0 bridgehead atoms. The molecule has 0 saturated heterocycles. The number of aryl methyl sites for hydroxylation is 1. The van der Waals surface area contributed by atoms with Crippen LogP contribution in [0.15, 0.2) is 91.0 Å². The van der Waals surface area contributed by atoms with Gasteiger partial charge in [-0.2, -0.15) is 0 Å². The van der Waals surface area contributed by atoms with Gasteiger partial charge in [0.25, 0.3) is 5.91 Å². The molecule has 0 unspecified atom stereocenters. The minimum atomic E-state index is -0.898. The number of unbranched alkanes of at least 4 members (excludes halogenated alkanes) is 9. The molecule has 45 heavy (non-hydrogen) atoms. The lowest BCUT2D eigenvalue weighted by molar-refractivity contribution is -0.146. The zero-order chi connectivity index (χ0) is 31.8. The highest BCUT2D eigenvalue weighted by Crippen LogP contribution is 2.13. The molecule has 3 aromatic rings. The number of amides is 2. The first-order chi connectivity index (χ1) is 22.1. The van der Waals surface area contributed by atoms with Crippen LogP contribution in [0.4, 0.5) is 0 Å². The summed E-state index contributed by atoms with van der Waals surface area (Å²) in [5.74, 6) is -1.12. The van der Waals surface area contributed by atoms with Crippen molar-refractivity contribution < 1.29 is 24.0 Å². The lowest BCUT2D eigenvalue weighted by atomic mass is 10.0. The van der Waals surface area contributed by atoms with Gasteiger partial charge in [0.05, 0.1) is 6.61 Å². The molecule has 7 heteroatoms. The predicted molar refractivity (Wildman–Crippen MR) is 178 cm³/mol. The normalized spacial score (nSPS) is 11.5. The zero-order valence-electron chi connectivity index (χ0n) is 26.6. The minimum Gasteiger partial charge on any atom is -0.461 e. The van der Waals surface area contributed by atoms with Crippen LogP contribution in [0.5, 0.6) is 0 Å². The van der Waals surface area contributed by atoms with Crippen LogP contribution in [-0.4, -0.2) is 23.8 Å². The average Bonchev–Trinajstić information content (AvgIpc) is 3.07. The molecule has 0 fully saturated rings. The molecule has 1 atom stereocenters. The summed E-state index contributed by atoms with van der Waals surface area (Å²) in [6.45, 7) is 0.360. The number of hydrogen-bond acceptors (Lipinski definition) is 5. The first kappa shape index (κ1) is 35.5. The SMILES string of the molecule is O=C(CCCCCCCCCCCCc1ccccc1)N[C@H](CCC(=O)OCc1ccccc1)C(=O)NOCc1ccccc1. The van der Waals surface area contributed by atoms with Gasteiger partial charge in [-0.3, -0.25) is 19.2 Å². The van der Waals surface area contributed by atoms with Gasteiger partial charge in [-0.25, -0.2) is 5.48 Å². The minimum absolute atomic E-state index is 0.00306. The van der Waals surface area contributed by atoms with Crippen molar-refractivity contribution in [3.8, 4) is 0 Å². The largest absolute Gasteiger partial charge is 0.461 e. The van der Waals surface area contributed by atoms with Crippen LogP contribution in [0.2, 0.25) is 0 Å². The maximum atomic E-state index is 12.9. The molecule has 7 nitrogen and oxygen atoms in total. The van der Waals surface area contributed by atoms with E-state index in [9.17, 15) is 14.4 Å². The second-order valence-electron chi connectivity index (χ2n) is 11.6. The van der Waals surface area contributed by atoms with E-state index in [0.717, 1.165) is 30.4 Å². The molecule has 0 aliphatic carbocycles. The topological polar surface area (TPSA) is 93.7 Å². The van der Waals surface area contributed by atoms with Crippen molar-refractivity contribution in [2.24, 2.45) is 0 Å². The average molecular weight is 615 g/mol. The number of hydroxylamine groups is 1. The quantitative estimate of drug-likeness (QED) is 0.0646. The summed E-state index contributed by atoms with van der Waals surface area (Å²) in [6.07, 6.45) is 13.3. The van der Waals surface area contributed by atoms with Crippen molar-refractivity contribution in [2.75, 3.05) is 0 Å². The molecule has 2 amide bonds. The molecule has 0 heterocycles. The molecule has 3 aromatic carbocycles. The third-order valence-corrected chi connectivity index (χ3v) is 7.75. The Hall–Kier alpha value is -3.97. The fraction of sp³-hybridized carbons (Fsp3) is 0.447. The second-order valence-corrected chi connectivity index (χ2v) is 11.6. The Labute approximate surface area is 269 Å². The van der Waals surface area contributed by atoms with E-state index in [1.54, 1.807) is 0 Å². The maximum absolute atomic E-state index is 12.9. The summed E-state index contributed by atoms with van der Waals surface area (Å²) in [5.41, 5.74) is 5.65. The summed E-state index contributed by atoms with van der Waals surface area (Å²) in [4.78, 5) is 43.3. The second kappa shape index (κ2) is 22.5. The molecule has 0 radical (unpaired) electrons. The van der Waals surface area contributed by atoms with E-state index in [2.05, 4.69) is 41.1 Å². The number of carbonyl (C=O) groups is 3. The summed E-state index contributed by atoms with van der Waals surface area (Å²) in [6, 6.07) is 28.7. The molecule has 0 aromatic heterocycles. The number of esters is 1. The number of nitrogens with one attached hydrogen (secondary N) is 2. The van der Waals surface area contributed by atoms with E-state index in [-0.39, 0.29) is 32.0 Å². The fourth-order valence-electron chi connectivity index (χ4n) is 5.12. The van der Waals surface area contributed by atoms with E-state index >= 15 is 0 Å². The van der Waals surface area contributed by atoms with Gasteiger partial charge in [-0.1, -0.05) is 142 Å². The van der Waals surface area contributed by atoms with E-state index in [4.69, 9.17) is 9.57 Å². The third-order valence-electron chi connectivity index (χ3n) is 7.75. The molecular formula is C38H50N2O5. The van der Waals surface area contributed by atoms with Crippen LogP contribution in [0, 0.1) is 0 Å². The Kier molecular flexibility index (Phi) is 17.8. The molecule has 3 rings (SSSR count). The van der Waals surface area contributed by atoms with E-state index < -0.39 is 17.9 Å². The number of hydrogen-bond donors (Lipinski definition) is 2. The van der Waals surface area contributed by atoms with Crippen molar-refractivity contribution in [1.29, 1.82) is 0 Å². The van der Waals surface area contributed by atoms with Crippen LogP contribution in [0.3, 0.4) is 0 Å². The summed E-state index contributed by atoms with van der Waals surface area (Å²) >= 11 is 0. The lowest BCUT2D eigenvalue weighted by Crippen LogP contribution is -2.46. The van der Waals surface area contributed by atoms with Gasteiger partial charge >= 0.3 is 5.97 Å². The molecule has 0 saturated carbocycles. The van der Waals surface area contributed by atoms with Crippen molar-refractivity contribution in [1.82, 2.24) is 10.8 Å². The van der Waals surface area contributed by atoms with E-state index in [1.807, 2.05) is 60.7 Å². The number of carbonyl (C=O) groups excluding carboxylic acids is 3. The number of rotatable bonds is 23.